The van der Waals surface area contributed by atoms with E-state index in [0.717, 1.165) is 5.56 Å². The van der Waals surface area contributed by atoms with Gasteiger partial charge in [-0.25, -0.2) is 4.79 Å². The Morgan fingerprint density at radius 2 is 1.95 bits per heavy atom. The largest absolute Gasteiger partial charge is 0.478 e. The van der Waals surface area contributed by atoms with Crippen LogP contribution in [0.15, 0.2) is 24.3 Å². The van der Waals surface area contributed by atoms with Crippen molar-refractivity contribution < 1.29 is 19.4 Å². The molecule has 1 saturated heterocycles. The van der Waals surface area contributed by atoms with Gasteiger partial charge in [0.2, 0.25) is 5.91 Å². The lowest BCUT2D eigenvalue weighted by molar-refractivity contribution is -0.143. The van der Waals surface area contributed by atoms with Crippen LogP contribution in [0, 0.1) is 0 Å². The van der Waals surface area contributed by atoms with Crippen LogP contribution in [0.2, 0.25) is 0 Å². The molecule has 1 N–H and O–H groups in total. The van der Waals surface area contributed by atoms with Crippen LogP contribution in [0.4, 0.5) is 0 Å². The number of aromatic carboxylic acids is 1. The fourth-order valence-corrected chi connectivity index (χ4v) is 2.58. The van der Waals surface area contributed by atoms with Gasteiger partial charge in [0, 0.05) is 0 Å². The fraction of sp³-hybridized carbons (Fsp3) is 0.467. The number of benzene rings is 1. The van der Waals surface area contributed by atoms with E-state index < -0.39 is 5.97 Å². The van der Waals surface area contributed by atoms with E-state index >= 15 is 0 Å². The lowest BCUT2D eigenvalue weighted by Gasteiger charge is -2.38. The van der Waals surface area contributed by atoms with Crippen molar-refractivity contribution in [3.63, 3.8) is 0 Å². The molecule has 0 aliphatic carbocycles. The summed E-state index contributed by atoms with van der Waals surface area (Å²) in [7, 11) is 0. The standard InChI is InChI=1S/C15H19NO4/c1-10-8-20-9-11(2)16(10)14(17)7-12-4-3-5-13(6-12)15(18)19/h3-6,10-11H,7-9H2,1-2H3,(H,18,19). The summed E-state index contributed by atoms with van der Waals surface area (Å²) < 4.78 is 5.40. The Balaban J connectivity index is 2.10. The summed E-state index contributed by atoms with van der Waals surface area (Å²) in [4.78, 5) is 25.2. The van der Waals surface area contributed by atoms with Crippen LogP contribution < -0.4 is 0 Å². The van der Waals surface area contributed by atoms with Gasteiger partial charge in [0.05, 0.1) is 37.3 Å². The van der Waals surface area contributed by atoms with Gasteiger partial charge in [-0.2, -0.15) is 0 Å². The molecule has 2 unspecified atom stereocenters. The zero-order valence-electron chi connectivity index (χ0n) is 11.7. The molecule has 1 fully saturated rings. The van der Waals surface area contributed by atoms with Crippen LogP contribution >= 0.6 is 0 Å². The molecule has 1 aromatic carbocycles. The average molecular weight is 277 g/mol. The molecule has 1 aromatic rings. The van der Waals surface area contributed by atoms with Gasteiger partial charge in [-0.3, -0.25) is 4.79 Å². The van der Waals surface area contributed by atoms with E-state index in [1.807, 2.05) is 18.7 Å². The molecule has 5 heteroatoms. The molecule has 5 nitrogen and oxygen atoms in total. The number of carboxylic acid groups (broad SMARTS) is 1. The van der Waals surface area contributed by atoms with Crippen LogP contribution in [-0.4, -0.2) is 47.2 Å². The van der Waals surface area contributed by atoms with Crippen molar-refractivity contribution in [3.05, 3.63) is 35.4 Å². The molecule has 1 aliphatic rings. The second-order valence-corrected chi connectivity index (χ2v) is 5.22. The van der Waals surface area contributed by atoms with Crippen molar-refractivity contribution >= 4 is 11.9 Å². The highest BCUT2D eigenvalue weighted by Gasteiger charge is 2.29. The van der Waals surface area contributed by atoms with E-state index in [1.165, 1.54) is 6.07 Å². The molecule has 108 valence electrons. The minimum absolute atomic E-state index is 0.0100. The molecule has 0 aromatic heterocycles. The van der Waals surface area contributed by atoms with Crippen LogP contribution in [0.25, 0.3) is 0 Å². The van der Waals surface area contributed by atoms with Gasteiger partial charge < -0.3 is 14.7 Å². The number of carboxylic acids is 1. The third-order valence-electron chi connectivity index (χ3n) is 3.49. The van der Waals surface area contributed by atoms with Gasteiger partial charge in [0.25, 0.3) is 0 Å². The fourth-order valence-electron chi connectivity index (χ4n) is 2.58. The van der Waals surface area contributed by atoms with Crippen molar-refractivity contribution in [2.24, 2.45) is 0 Å². The highest BCUT2D eigenvalue weighted by atomic mass is 16.5. The van der Waals surface area contributed by atoms with E-state index in [9.17, 15) is 9.59 Å². The highest BCUT2D eigenvalue weighted by molar-refractivity contribution is 5.88. The molecule has 0 radical (unpaired) electrons. The maximum absolute atomic E-state index is 12.4. The van der Waals surface area contributed by atoms with Crippen molar-refractivity contribution in [1.29, 1.82) is 0 Å². The molecule has 1 amide bonds. The van der Waals surface area contributed by atoms with Crippen LogP contribution in [0.3, 0.4) is 0 Å². The number of amides is 1. The Hall–Kier alpha value is -1.88. The number of hydrogen-bond acceptors (Lipinski definition) is 3. The summed E-state index contributed by atoms with van der Waals surface area (Å²) in [6.45, 7) is 5.01. The second-order valence-electron chi connectivity index (χ2n) is 5.22. The first-order valence-corrected chi connectivity index (χ1v) is 6.70. The maximum atomic E-state index is 12.4. The summed E-state index contributed by atoms with van der Waals surface area (Å²) in [5, 5.41) is 8.96. The van der Waals surface area contributed by atoms with E-state index in [2.05, 4.69) is 0 Å². The molecule has 0 bridgehead atoms. The first-order valence-electron chi connectivity index (χ1n) is 6.70. The first-order chi connectivity index (χ1) is 9.49. The predicted octanol–water partition coefficient (Wildman–Crippen LogP) is 1.56. The van der Waals surface area contributed by atoms with Gasteiger partial charge >= 0.3 is 5.97 Å². The van der Waals surface area contributed by atoms with Gasteiger partial charge in [-0.1, -0.05) is 12.1 Å². The second kappa shape index (κ2) is 6.05. The minimum atomic E-state index is -0.979. The Kier molecular flexibility index (Phi) is 4.39. The van der Waals surface area contributed by atoms with Crippen LogP contribution in [-0.2, 0) is 16.0 Å². The van der Waals surface area contributed by atoms with Crippen molar-refractivity contribution in [1.82, 2.24) is 4.90 Å². The third-order valence-corrected chi connectivity index (χ3v) is 3.49. The Morgan fingerprint density at radius 3 is 2.55 bits per heavy atom. The smallest absolute Gasteiger partial charge is 0.335 e. The molecular weight excluding hydrogens is 258 g/mol. The minimum Gasteiger partial charge on any atom is -0.478 e. The monoisotopic (exact) mass is 277 g/mol. The summed E-state index contributed by atoms with van der Waals surface area (Å²) in [5.41, 5.74) is 0.930. The zero-order chi connectivity index (χ0) is 14.7. The lowest BCUT2D eigenvalue weighted by Crippen LogP contribution is -2.53. The first kappa shape index (κ1) is 14.5. The van der Waals surface area contributed by atoms with Gasteiger partial charge in [0.1, 0.15) is 0 Å². The van der Waals surface area contributed by atoms with Crippen molar-refractivity contribution in [2.45, 2.75) is 32.4 Å². The molecule has 2 atom stereocenters. The highest BCUT2D eigenvalue weighted by Crippen LogP contribution is 2.16. The van der Waals surface area contributed by atoms with E-state index in [4.69, 9.17) is 9.84 Å². The number of rotatable bonds is 3. The number of carbonyl (C=O) groups is 2. The molecule has 0 saturated carbocycles. The van der Waals surface area contributed by atoms with E-state index in [1.54, 1.807) is 18.2 Å². The maximum Gasteiger partial charge on any atom is 0.335 e. The molecule has 20 heavy (non-hydrogen) atoms. The van der Waals surface area contributed by atoms with Gasteiger partial charge in [-0.15, -0.1) is 0 Å². The van der Waals surface area contributed by atoms with Crippen LogP contribution in [0.1, 0.15) is 29.8 Å². The molecule has 1 heterocycles. The molecule has 0 spiro atoms. The normalized spacial score (nSPS) is 22.6. The Labute approximate surface area is 118 Å². The number of ether oxygens (including phenoxy) is 1. The van der Waals surface area contributed by atoms with E-state index in [0.29, 0.717) is 13.2 Å². The summed E-state index contributed by atoms with van der Waals surface area (Å²) in [6.07, 6.45) is 0.218. The Morgan fingerprint density at radius 1 is 1.30 bits per heavy atom. The SMILES string of the molecule is CC1COCC(C)N1C(=O)Cc1cccc(C(=O)O)c1. The molecule has 1 aliphatic heterocycles. The van der Waals surface area contributed by atoms with E-state index in [-0.39, 0.29) is 30.0 Å². The molecular formula is C15H19NO4. The summed E-state index contributed by atoms with van der Waals surface area (Å²) in [5.74, 6) is -0.969. The number of carbonyl (C=O) groups excluding carboxylic acids is 1. The molecule has 2 rings (SSSR count). The van der Waals surface area contributed by atoms with Gasteiger partial charge in [-0.05, 0) is 31.5 Å². The number of morpholine rings is 1. The van der Waals surface area contributed by atoms with Gasteiger partial charge in [0.15, 0.2) is 0 Å². The Bertz CT molecular complexity index is 504. The van der Waals surface area contributed by atoms with Crippen LogP contribution in [0.5, 0.6) is 0 Å². The van der Waals surface area contributed by atoms with Crippen molar-refractivity contribution in [3.8, 4) is 0 Å². The topological polar surface area (TPSA) is 66.8 Å². The lowest BCUT2D eigenvalue weighted by atomic mass is 10.1. The predicted molar refractivity (Wildman–Crippen MR) is 73.7 cm³/mol. The number of hydrogen-bond donors (Lipinski definition) is 1. The third kappa shape index (κ3) is 3.17. The summed E-state index contributed by atoms with van der Waals surface area (Å²) >= 11 is 0. The summed E-state index contributed by atoms with van der Waals surface area (Å²) in [6, 6.07) is 6.62. The van der Waals surface area contributed by atoms with Crippen molar-refractivity contribution in [2.75, 3.05) is 13.2 Å². The number of nitrogens with zero attached hydrogens (tertiary/aromatic N) is 1. The zero-order valence-corrected chi connectivity index (χ0v) is 11.7. The average Bonchev–Trinajstić information content (AvgIpc) is 2.38. The quantitative estimate of drug-likeness (QED) is 0.910.